The molecule has 0 radical (unpaired) electrons. The van der Waals surface area contributed by atoms with E-state index in [1.54, 1.807) is 0 Å². The van der Waals surface area contributed by atoms with Gasteiger partial charge in [-0.3, -0.25) is 4.79 Å². The van der Waals surface area contributed by atoms with Gasteiger partial charge in [0.15, 0.2) is 67.9 Å². The number of carbonyl (C=O) groups is 2. The van der Waals surface area contributed by atoms with Gasteiger partial charge in [-0.15, -0.1) is 0 Å². The minimum absolute atomic E-state index is 0.00924. The van der Waals surface area contributed by atoms with E-state index in [0.29, 0.717) is 51.4 Å². The van der Waals surface area contributed by atoms with Crippen LogP contribution >= 0.6 is 0 Å². The number of aromatic hydroxyl groups is 1. The summed E-state index contributed by atoms with van der Waals surface area (Å²) in [5.41, 5.74) is -1.70. The van der Waals surface area contributed by atoms with E-state index in [4.69, 9.17) is 94.7 Å². The van der Waals surface area contributed by atoms with Crippen LogP contribution in [0.1, 0.15) is 139 Å². The molecule has 13 fully saturated rings. The molecule has 1 unspecified atom stereocenters. The molecule has 24 N–H and O–H groups in total. The van der Waals surface area contributed by atoms with Gasteiger partial charge >= 0.3 is 11.9 Å². The van der Waals surface area contributed by atoms with Crippen LogP contribution in [-0.4, -0.2) is 451 Å². The van der Waals surface area contributed by atoms with Crippen LogP contribution in [0.2, 0.25) is 0 Å². The molecule has 9 saturated heterocycles. The molecule has 9 aliphatic heterocycles. The summed E-state index contributed by atoms with van der Waals surface area (Å²) in [6.07, 6.45) is -65.8. The molecule has 5 aliphatic carbocycles. The van der Waals surface area contributed by atoms with Crippen molar-refractivity contribution in [3.8, 4) is 11.5 Å². The van der Waals surface area contributed by atoms with Crippen molar-refractivity contribution in [3.05, 3.63) is 41.5 Å². The van der Waals surface area contributed by atoms with Crippen molar-refractivity contribution in [1.82, 2.24) is 0 Å². The van der Waals surface area contributed by atoms with Gasteiger partial charge in [0.05, 0.1) is 76.6 Å². The molecular weight excluding hydrogens is 1840 g/mol. The number of fused-ring (bicyclic) bond motifs is 7. The summed E-state index contributed by atoms with van der Waals surface area (Å²) < 4.78 is 118. The number of benzene rings is 1. The number of rotatable bonds is 26. The smallest absolute Gasteiger partial charge is 0.331 e. The van der Waals surface area contributed by atoms with Crippen LogP contribution in [0.15, 0.2) is 35.9 Å². The van der Waals surface area contributed by atoms with Crippen molar-refractivity contribution in [1.29, 1.82) is 0 Å². The third-order valence-electron chi connectivity index (χ3n) is 32.9. The monoisotopic (exact) mass is 1980 g/mol. The van der Waals surface area contributed by atoms with E-state index < -0.39 is 338 Å². The van der Waals surface area contributed by atoms with Crippen LogP contribution in [0, 0.1) is 50.2 Å². The molecule has 15 rings (SSSR count). The Kier molecular flexibility index (Phi) is 33.2. The van der Waals surface area contributed by atoms with Gasteiger partial charge in [-0.05, 0) is 154 Å². The van der Waals surface area contributed by atoms with Crippen LogP contribution in [0.3, 0.4) is 0 Å². The standard InChI is InChI=1S/C92H142O46/c1-34-52(98)59(105)66(112)77(124-34)121-32-46-57(103)62(108)76(133-51(97)17-13-37-12-15-42(119-11)40(95)26-37)85(131-46)135-73-44(29-94)128-81(70(116)64(73)110)129-47-33-123-79(65(111)58(47)104)136-74-54(100)36(3)126-83(71(74)117)137-75-55(101)41(96)30-120-84(75)132-50-19-20-89(8)48(88(50,6)7)18-21-91(10)49(89)16-14-38-39-27-87(4,5)22-24-92(39,25-23-90(38,91)9)86(118)138-82-68(114)61(107)56(102)45(130-82)31-122-78-69(115)63(109)72(43(28-93)127-78)134-80-67(113)60(106)53(99)35(2)125-80/h12-15,17,26,34-36,39,41,43-50,52-85,93-96,98-117H,16,18-25,27-33H2,1-11H3/b17-13+/t34-,35-,36-,39-,41-,43+,44+,45+,46+,47+,48-,49+,50-,52-,53-,54-,55-,56+,57+,58+,59+,60+,61-,62-,63+,64+,65+,66+,67+,68+,69+,70+,71+,72+,73+,74+,75+,76?,77+,78+,79-,80-,81-,82-,83-,84-,85-,89-,90+,91+,92-/m0/s1. The third-order valence-corrected chi connectivity index (χ3v) is 32.9. The van der Waals surface area contributed by atoms with E-state index in [9.17, 15) is 127 Å². The number of hydrogen-bond acceptors (Lipinski definition) is 46. The van der Waals surface area contributed by atoms with Crippen molar-refractivity contribution in [2.75, 3.05) is 46.8 Å². The molecule has 0 amide bonds. The Labute approximate surface area is 795 Å². The van der Waals surface area contributed by atoms with Crippen LogP contribution in [0.5, 0.6) is 11.5 Å². The molecule has 1 aromatic rings. The second-order valence-corrected chi connectivity index (χ2v) is 42.1. The molecule has 9 heterocycles. The lowest BCUT2D eigenvalue weighted by atomic mass is 9.33. The Morgan fingerprint density at radius 2 is 0.935 bits per heavy atom. The van der Waals surface area contributed by atoms with Gasteiger partial charge in [0.25, 0.3) is 0 Å². The van der Waals surface area contributed by atoms with Crippen molar-refractivity contribution in [2.24, 2.45) is 50.2 Å². The fourth-order valence-electron chi connectivity index (χ4n) is 24.2. The lowest BCUT2D eigenvalue weighted by Gasteiger charge is -2.71. The Hall–Kier alpha value is -4.36. The average molecular weight is 1980 g/mol. The summed E-state index contributed by atoms with van der Waals surface area (Å²) in [7, 11) is 1.32. The Bertz CT molecular complexity index is 4300. The zero-order valence-corrected chi connectivity index (χ0v) is 78.6. The van der Waals surface area contributed by atoms with Crippen molar-refractivity contribution < 1.29 is 227 Å². The van der Waals surface area contributed by atoms with Gasteiger partial charge in [-0.1, -0.05) is 66.2 Å². The highest BCUT2D eigenvalue weighted by Crippen LogP contribution is 2.76. The van der Waals surface area contributed by atoms with Gasteiger partial charge in [0.1, 0.15) is 183 Å². The molecule has 4 saturated carbocycles. The molecule has 138 heavy (non-hydrogen) atoms. The number of aliphatic hydroxyl groups excluding tert-OH is 23. The number of aliphatic hydroxyl groups is 23. The summed E-state index contributed by atoms with van der Waals surface area (Å²) in [5, 5.41) is 268. The Balaban J connectivity index is 0.567. The number of ether oxygens (including phenoxy) is 20. The topological polar surface area (TPSA) is 704 Å². The van der Waals surface area contributed by atoms with Gasteiger partial charge < -0.3 is 217 Å². The van der Waals surface area contributed by atoms with Gasteiger partial charge in [0, 0.05) is 6.08 Å². The van der Waals surface area contributed by atoms with E-state index >= 15 is 4.79 Å². The van der Waals surface area contributed by atoms with Crippen molar-refractivity contribution >= 4 is 18.0 Å². The first kappa shape index (κ1) is 108. The first-order valence-corrected chi connectivity index (χ1v) is 47.6. The highest BCUT2D eigenvalue weighted by atomic mass is 16.8. The lowest BCUT2D eigenvalue weighted by molar-refractivity contribution is -0.387. The van der Waals surface area contributed by atoms with Crippen LogP contribution in [0.4, 0.5) is 0 Å². The van der Waals surface area contributed by atoms with E-state index in [0.717, 1.165) is 24.5 Å². The van der Waals surface area contributed by atoms with Gasteiger partial charge in [-0.2, -0.15) is 0 Å². The maximum Gasteiger partial charge on any atom is 0.331 e. The third kappa shape index (κ3) is 20.3. The summed E-state index contributed by atoms with van der Waals surface area (Å²) >= 11 is 0. The predicted molar refractivity (Wildman–Crippen MR) is 457 cm³/mol. The first-order chi connectivity index (χ1) is 65.0. The zero-order valence-electron chi connectivity index (χ0n) is 78.6. The van der Waals surface area contributed by atoms with Crippen LogP contribution in [0.25, 0.3) is 6.08 Å². The predicted octanol–water partition coefficient (Wildman–Crippen LogP) is -6.57. The average Bonchev–Trinajstić information content (AvgIpc) is 0.672. The maximum atomic E-state index is 15.5. The highest BCUT2D eigenvalue weighted by Gasteiger charge is 2.71. The van der Waals surface area contributed by atoms with E-state index in [-0.39, 0.29) is 51.1 Å². The summed E-state index contributed by atoms with van der Waals surface area (Å²) in [4.78, 5) is 29.0. The normalized spacial score (nSPS) is 50.8. The van der Waals surface area contributed by atoms with Gasteiger partial charge in [0.2, 0.25) is 6.29 Å². The van der Waals surface area contributed by atoms with E-state index in [2.05, 4.69) is 54.5 Å². The second-order valence-electron chi connectivity index (χ2n) is 42.1. The number of methoxy groups -OCH3 is 1. The van der Waals surface area contributed by atoms with E-state index in [1.807, 2.05) is 0 Å². The first-order valence-electron chi connectivity index (χ1n) is 47.6. The fourth-order valence-corrected chi connectivity index (χ4v) is 24.2. The fraction of sp³-hybridized carbons (Fsp3) is 0.870. The van der Waals surface area contributed by atoms with Gasteiger partial charge in [-0.25, -0.2) is 4.79 Å². The Morgan fingerprint density at radius 3 is 1.57 bits per heavy atom. The lowest BCUT2D eigenvalue weighted by Crippen LogP contribution is -2.67. The number of allylic oxidation sites excluding steroid dienone is 2. The number of phenolic OH excluding ortho intramolecular Hbond substituents is 1. The SMILES string of the molecule is COc1ccc(/C=C/C(=O)OC2[C@H](O[C@H]3[C@H](O)[C@@H](O)[C@H](O[C@@H]4CO[C@@H](O[C@@H]5[C@@H](O)[C@H](C)O[C@@H](O[C@H]6[C@H](O[C@H]7CC[C@]8(C)[C@H]9CC=C%10[C@@H]%11CC(C)(C)CC[C@]%11(C(=O)O[C@@H]%11O[C@H](CO[C@@H]%12O[C@H](CO)[C@@H](O[C@@H]%13O[C@@H](C)[C@H](O)[C@@H](O)[C@H]%13O)[C@H](O)[C@H]%12O)[C@@H](O)[C@H](O)[C@H]%11O)CC[C@@]%10(C)[C@]9(C)CC[C@H]8C7(C)C)OC[C@H](O)[C@@H]6O)[C@@H]5O)[C@H](O)[C@@H]4O)O[C@@H]3CO)O[C@H](CO[C@@H]3O[C@@H](C)[C@H](O)[C@@H](O)[C@H]3O)[C@@H](O)[C@@H]2O)cc1O. The molecule has 14 aliphatic rings. The molecule has 0 aromatic heterocycles. The summed E-state index contributed by atoms with van der Waals surface area (Å²) in [6.45, 7) is 15.4. The molecule has 46 nitrogen and oxygen atoms in total. The number of phenols is 1. The molecule has 46 heteroatoms. The number of hydrogen-bond donors (Lipinski definition) is 24. The largest absolute Gasteiger partial charge is 0.504 e. The minimum Gasteiger partial charge on any atom is -0.504 e. The quantitative estimate of drug-likeness (QED) is 0.0177. The summed E-state index contributed by atoms with van der Waals surface area (Å²) in [6, 6.07) is 4.14. The van der Waals surface area contributed by atoms with Crippen LogP contribution < -0.4 is 4.74 Å². The molecular formula is C92H142O46. The molecule has 0 spiro atoms. The maximum absolute atomic E-state index is 15.5. The van der Waals surface area contributed by atoms with E-state index in [1.165, 1.54) is 52.2 Å². The highest BCUT2D eigenvalue weighted by molar-refractivity contribution is 5.87. The zero-order chi connectivity index (χ0) is 100. The Morgan fingerprint density at radius 1 is 0.435 bits per heavy atom. The van der Waals surface area contributed by atoms with Crippen LogP contribution in [-0.2, 0) is 99.6 Å². The molecule has 51 atom stereocenters. The van der Waals surface area contributed by atoms with Crippen molar-refractivity contribution in [2.45, 2.75) is 404 Å². The molecule has 0 bridgehead atoms. The number of carbonyl (C=O) groups excluding carboxylic acids is 2. The second kappa shape index (κ2) is 42.5. The van der Waals surface area contributed by atoms with Crippen molar-refractivity contribution in [3.63, 3.8) is 0 Å². The molecule has 786 valence electrons. The molecule has 1 aromatic carbocycles. The summed E-state index contributed by atoms with van der Waals surface area (Å²) in [5.74, 6) is -2.25. The minimum atomic E-state index is -2.19. The number of esters is 2.